The molecule has 5 nitrogen and oxygen atoms in total. The summed E-state index contributed by atoms with van der Waals surface area (Å²) < 4.78 is 44.9. The minimum Gasteiger partial charge on any atom is -0.370 e. The Morgan fingerprint density at radius 3 is 2.32 bits per heavy atom. The van der Waals surface area contributed by atoms with Crippen LogP contribution >= 0.6 is 0 Å². The summed E-state index contributed by atoms with van der Waals surface area (Å²) >= 11 is 0. The van der Waals surface area contributed by atoms with Crippen molar-refractivity contribution in [3.8, 4) is 0 Å². The van der Waals surface area contributed by atoms with Crippen molar-refractivity contribution in [1.29, 1.82) is 0 Å². The minimum atomic E-state index is -3.56. The number of rotatable bonds is 2. The second-order valence-corrected chi connectivity index (χ2v) is 6.75. The molecule has 19 heavy (non-hydrogen) atoms. The highest BCUT2D eigenvalue weighted by Gasteiger charge is 2.37. The quantitative estimate of drug-likeness (QED) is 0.843. The molecule has 2 saturated heterocycles. The molecule has 2 fully saturated rings. The summed E-state index contributed by atoms with van der Waals surface area (Å²) in [5.41, 5.74) is 0. The molecule has 104 valence electrons. The van der Waals surface area contributed by atoms with Crippen LogP contribution in [0.4, 0.5) is 4.39 Å². The lowest BCUT2D eigenvalue weighted by Gasteiger charge is -2.41. The topological polar surface area (TPSA) is 58.6 Å². The zero-order valence-electron chi connectivity index (χ0n) is 10.3. The number of benzene rings is 1. The molecule has 0 spiro atoms. The summed E-state index contributed by atoms with van der Waals surface area (Å²) in [5, 5.41) is 3.21. The van der Waals surface area contributed by atoms with Gasteiger partial charge in [0, 0.05) is 26.2 Å². The predicted molar refractivity (Wildman–Crippen MR) is 66.7 cm³/mol. The summed E-state index contributed by atoms with van der Waals surface area (Å²) in [4.78, 5) is 0.127. The van der Waals surface area contributed by atoms with Gasteiger partial charge in [0.25, 0.3) is 0 Å². The summed E-state index contributed by atoms with van der Waals surface area (Å²) in [6, 6.07) is 4.92. The first-order valence-corrected chi connectivity index (χ1v) is 7.61. The Morgan fingerprint density at radius 2 is 1.74 bits per heavy atom. The summed E-state index contributed by atoms with van der Waals surface area (Å²) in [6.07, 6.45) is -0.217. The predicted octanol–water partition coefficient (Wildman–Crippen LogP) is 0.187. The average molecular weight is 286 g/mol. The zero-order valence-corrected chi connectivity index (χ0v) is 11.1. The van der Waals surface area contributed by atoms with Crippen molar-refractivity contribution < 1.29 is 17.5 Å². The lowest BCUT2D eigenvalue weighted by Crippen LogP contribution is -2.59. The van der Waals surface area contributed by atoms with E-state index in [1.165, 1.54) is 16.4 Å². The van der Waals surface area contributed by atoms with E-state index in [9.17, 15) is 12.8 Å². The maximum Gasteiger partial charge on any atom is 0.243 e. The van der Waals surface area contributed by atoms with Gasteiger partial charge in [-0.3, -0.25) is 0 Å². The molecule has 1 aromatic carbocycles. The number of morpholine rings is 2. The van der Waals surface area contributed by atoms with Gasteiger partial charge in [-0.2, -0.15) is 4.31 Å². The highest BCUT2D eigenvalue weighted by molar-refractivity contribution is 7.89. The van der Waals surface area contributed by atoms with Crippen LogP contribution < -0.4 is 5.32 Å². The third kappa shape index (κ3) is 2.51. The van der Waals surface area contributed by atoms with Crippen LogP contribution in [-0.2, 0) is 14.8 Å². The molecular weight excluding hydrogens is 271 g/mol. The van der Waals surface area contributed by atoms with E-state index in [2.05, 4.69) is 5.32 Å². The van der Waals surface area contributed by atoms with Gasteiger partial charge < -0.3 is 10.1 Å². The molecule has 1 N–H and O–H groups in total. The van der Waals surface area contributed by atoms with Crippen molar-refractivity contribution in [2.24, 2.45) is 0 Å². The van der Waals surface area contributed by atoms with Crippen molar-refractivity contribution in [2.45, 2.75) is 17.1 Å². The number of sulfonamides is 1. The molecular formula is C12H15FN2O3S. The first kappa shape index (κ1) is 13.0. The van der Waals surface area contributed by atoms with Crippen LogP contribution in [0.25, 0.3) is 0 Å². The molecule has 2 aliphatic rings. The standard InChI is InChI=1S/C12H15FN2O3S/c13-9-1-3-12(4-2-9)19(16,17)15-7-10-5-14-6-11(8-15)18-10/h1-4,10-11,14H,5-8H2/t10-,11-/m0/s1. The van der Waals surface area contributed by atoms with Crippen molar-refractivity contribution in [3.63, 3.8) is 0 Å². The van der Waals surface area contributed by atoms with E-state index in [4.69, 9.17) is 4.74 Å². The van der Waals surface area contributed by atoms with E-state index in [-0.39, 0.29) is 17.1 Å². The van der Waals surface area contributed by atoms with E-state index < -0.39 is 15.8 Å². The number of halogens is 1. The number of hydrogen-bond acceptors (Lipinski definition) is 4. The van der Waals surface area contributed by atoms with Gasteiger partial charge in [0.05, 0.1) is 17.1 Å². The molecule has 2 aliphatic heterocycles. The Labute approximate surface area is 111 Å². The molecule has 7 heteroatoms. The fraction of sp³-hybridized carbons (Fsp3) is 0.500. The Kier molecular flexibility index (Phi) is 3.30. The number of nitrogens with zero attached hydrogens (tertiary/aromatic N) is 1. The monoisotopic (exact) mass is 286 g/mol. The molecule has 0 saturated carbocycles. The smallest absolute Gasteiger partial charge is 0.243 e. The third-order valence-corrected chi connectivity index (χ3v) is 5.24. The van der Waals surface area contributed by atoms with E-state index >= 15 is 0 Å². The average Bonchev–Trinajstić information content (AvgIpc) is 2.38. The van der Waals surface area contributed by atoms with Gasteiger partial charge in [-0.05, 0) is 24.3 Å². The van der Waals surface area contributed by atoms with E-state index in [1.807, 2.05) is 0 Å². The largest absolute Gasteiger partial charge is 0.370 e. The highest BCUT2D eigenvalue weighted by atomic mass is 32.2. The maximum absolute atomic E-state index is 12.9. The van der Waals surface area contributed by atoms with Crippen molar-refractivity contribution in [2.75, 3.05) is 26.2 Å². The fourth-order valence-electron chi connectivity index (χ4n) is 2.47. The molecule has 2 atom stereocenters. The fourth-order valence-corrected chi connectivity index (χ4v) is 3.97. The summed E-state index contributed by atoms with van der Waals surface area (Å²) in [6.45, 7) is 1.99. The van der Waals surface area contributed by atoms with Crippen LogP contribution in [0, 0.1) is 5.82 Å². The highest BCUT2D eigenvalue weighted by Crippen LogP contribution is 2.22. The Bertz CT molecular complexity index is 549. The number of ether oxygens (including phenoxy) is 1. The zero-order chi connectivity index (χ0) is 13.5. The first-order chi connectivity index (χ1) is 9.05. The Morgan fingerprint density at radius 1 is 1.16 bits per heavy atom. The van der Waals surface area contributed by atoms with Crippen molar-refractivity contribution >= 4 is 10.0 Å². The number of fused-ring (bicyclic) bond motifs is 2. The lowest BCUT2D eigenvalue weighted by molar-refractivity contribution is -0.0824. The second-order valence-electron chi connectivity index (χ2n) is 4.81. The lowest BCUT2D eigenvalue weighted by atomic mass is 10.2. The molecule has 2 bridgehead atoms. The van der Waals surface area contributed by atoms with Gasteiger partial charge in [0.1, 0.15) is 5.82 Å². The number of nitrogens with one attached hydrogen (secondary N) is 1. The normalized spacial score (nSPS) is 28.3. The van der Waals surface area contributed by atoms with E-state index in [0.717, 1.165) is 12.1 Å². The van der Waals surface area contributed by atoms with Gasteiger partial charge in [0.15, 0.2) is 0 Å². The summed E-state index contributed by atoms with van der Waals surface area (Å²) in [5.74, 6) is -0.443. The van der Waals surface area contributed by atoms with Crippen LogP contribution in [0.5, 0.6) is 0 Å². The van der Waals surface area contributed by atoms with E-state index in [0.29, 0.717) is 26.2 Å². The minimum absolute atomic E-state index is 0.109. The molecule has 1 aromatic rings. The van der Waals surface area contributed by atoms with Crippen LogP contribution in [0.2, 0.25) is 0 Å². The van der Waals surface area contributed by atoms with Gasteiger partial charge >= 0.3 is 0 Å². The van der Waals surface area contributed by atoms with E-state index in [1.54, 1.807) is 0 Å². The van der Waals surface area contributed by atoms with Gasteiger partial charge in [0.2, 0.25) is 10.0 Å². The van der Waals surface area contributed by atoms with Gasteiger partial charge in [-0.25, -0.2) is 12.8 Å². The Balaban J connectivity index is 1.86. The van der Waals surface area contributed by atoms with Crippen molar-refractivity contribution in [1.82, 2.24) is 9.62 Å². The molecule has 0 aliphatic carbocycles. The molecule has 0 unspecified atom stereocenters. The van der Waals surface area contributed by atoms with Gasteiger partial charge in [-0.1, -0.05) is 0 Å². The molecule has 2 heterocycles. The first-order valence-electron chi connectivity index (χ1n) is 6.17. The molecule has 0 amide bonds. The summed E-state index contributed by atoms with van der Waals surface area (Å²) in [7, 11) is -3.56. The van der Waals surface area contributed by atoms with Gasteiger partial charge in [-0.15, -0.1) is 0 Å². The van der Waals surface area contributed by atoms with Crippen LogP contribution in [-0.4, -0.2) is 51.1 Å². The number of hydrogen-bond donors (Lipinski definition) is 1. The molecule has 3 rings (SSSR count). The Hall–Kier alpha value is -1.02. The molecule has 0 aromatic heterocycles. The van der Waals surface area contributed by atoms with Crippen LogP contribution in [0.3, 0.4) is 0 Å². The second kappa shape index (κ2) is 4.82. The maximum atomic E-state index is 12.9. The van der Waals surface area contributed by atoms with Crippen molar-refractivity contribution in [3.05, 3.63) is 30.1 Å². The van der Waals surface area contributed by atoms with Crippen LogP contribution in [0.15, 0.2) is 29.2 Å². The van der Waals surface area contributed by atoms with Crippen LogP contribution in [0.1, 0.15) is 0 Å². The SMILES string of the molecule is O=S(=O)(c1ccc(F)cc1)N1C[C@@H]2CNC[C@@H](C1)O2. The molecule has 0 radical (unpaired) electrons. The third-order valence-electron chi connectivity index (χ3n) is 3.39.